The van der Waals surface area contributed by atoms with Gasteiger partial charge in [-0.15, -0.1) is 6.58 Å². The molecule has 2 N–H and O–H groups in total. The largest absolute Gasteiger partial charge is 0.463 e. The van der Waals surface area contributed by atoms with Crippen LogP contribution in [0.25, 0.3) is 0 Å². The zero-order valence-electron chi connectivity index (χ0n) is 22.1. The van der Waals surface area contributed by atoms with Crippen LogP contribution in [-0.2, 0) is 61.9 Å². The zero-order chi connectivity index (χ0) is 31.2. The van der Waals surface area contributed by atoms with Crippen molar-refractivity contribution in [3.8, 4) is 0 Å². The van der Waals surface area contributed by atoms with Gasteiger partial charge in [-0.1, -0.05) is 40.9 Å². The van der Waals surface area contributed by atoms with Crippen molar-refractivity contribution in [2.75, 3.05) is 6.61 Å². The Morgan fingerprint density at radius 3 is 2.00 bits per heavy atom. The molecule has 0 bridgehead atoms. The van der Waals surface area contributed by atoms with Crippen molar-refractivity contribution >= 4 is 70.6 Å². The standard InChI is InChI=1S/C23H28Cl3NO14/c1-6-12(16-19(38-11(5)31)15(32)20(33)41-16)39-21-14(27-22(34)23(24,25)26)18(37-10(4)30)17(36-9(3)29)13(40-21)7-35-8(2)28/h6,12-19,21,32H,1,7H2,2-5H3,(H,27,34)/t12?,13-,14-,15+,16-,17-,18-,19+,21-/m1/s1. The van der Waals surface area contributed by atoms with Crippen LogP contribution in [-0.4, -0.2) is 106 Å². The first-order chi connectivity index (χ1) is 19.0. The summed E-state index contributed by atoms with van der Waals surface area (Å²) >= 11 is 17.1. The third kappa shape index (κ3) is 9.41. The molecule has 0 aromatic carbocycles. The Bertz CT molecular complexity index is 1050. The molecule has 2 heterocycles. The lowest BCUT2D eigenvalue weighted by Crippen LogP contribution is -2.68. The first-order valence-electron chi connectivity index (χ1n) is 11.8. The summed E-state index contributed by atoms with van der Waals surface area (Å²) < 4.78 is 35.1. The maximum Gasteiger partial charge on any atom is 0.339 e. The topological polar surface area (TPSA) is 199 Å². The molecule has 2 aliphatic rings. The molecule has 15 nitrogen and oxygen atoms in total. The summed E-state index contributed by atoms with van der Waals surface area (Å²) in [5.74, 6) is -5.75. The minimum atomic E-state index is -2.54. The van der Waals surface area contributed by atoms with Crippen LogP contribution in [0, 0.1) is 0 Å². The maximum atomic E-state index is 12.7. The van der Waals surface area contributed by atoms with Gasteiger partial charge in [0.2, 0.25) is 0 Å². The Morgan fingerprint density at radius 2 is 1.51 bits per heavy atom. The molecule has 0 aromatic rings. The van der Waals surface area contributed by atoms with E-state index in [2.05, 4.69) is 11.9 Å². The molecular formula is C23H28Cl3NO14. The van der Waals surface area contributed by atoms with Gasteiger partial charge in [0.1, 0.15) is 24.9 Å². The Labute approximate surface area is 248 Å². The van der Waals surface area contributed by atoms with Crippen molar-refractivity contribution in [3.63, 3.8) is 0 Å². The second-order valence-corrected chi connectivity index (χ2v) is 11.0. The normalized spacial score (nSPS) is 30.3. The lowest BCUT2D eigenvalue weighted by Gasteiger charge is -2.46. The number of rotatable bonds is 10. The van der Waals surface area contributed by atoms with Crippen LogP contribution >= 0.6 is 34.8 Å². The number of halogens is 3. The average molecular weight is 649 g/mol. The van der Waals surface area contributed by atoms with Gasteiger partial charge >= 0.3 is 29.8 Å². The highest BCUT2D eigenvalue weighted by atomic mass is 35.6. The first-order valence-corrected chi connectivity index (χ1v) is 12.9. The van der Waals surface area contributed by atoms with E-state index in [-0.39, 0.29) is 0 Å². The summed E-state index contributed by atoms with van der Waals surface area (Å²) in [7, 11) is 0. The molecule has 0 aliphatic carbocycles. The minimum Gasteiger partial charge on any atom is -0.463 e. The second kappa shape index (κ2) is 14.5. The summed E-state index contributed by atoms with van der Waals surface area (Å²) in [6, 6.07) is -1.60. The number of hydrogen-bond acceptors (Lipinski definition) is 14. The Hall–Kier alpha value is -2.69. The van der Waals surface area contributed by atoms with Gasteiger partial charge < -0.3 is 43.6 Å². The molecule has 0 radical (unpaired) electrons. The first kappa shape index (κ1) is 34.5. The molecule has 0 saturated carbocycles. The fourth-order valence-electron chi connectivity index (χ4n) is 3.99. The van der Waals surface area contributed by atoms with Gasteiger partial charge in [-0.2, -0.15) is 0 Å². The highest BCUT2D eigenvalue weighted by Gasteiger charge is 2.55. The number of carbonyl (C=O) groups excluding carboxylic acids is 6. The van der Waals surface area contributed by atoms with E-state index in [1.807, 2.05) is 0 Å². The van der Waals surface area contributed by atoms with Crippen LogP contribution in [0.4, 0.5) is 0 Å². The summed E-state index contributed by atoms with van der Waals surface area (Å²) in [5.41, 5.74) is 0. The number of ether oxygens (including phenoxy) is 7. The zero-order valence-corrected chi connectivity index (χ0v) is 24.3. The van der Waals surface area contributed by atoms with E-state index in [9.17, 15) is 33.9 Å². The predicted molar refractivity (Wildman–Crippen MR) is 135 cm³/mol. The molecule has 2 aliphatic heterocycles. The van der Waals surface area contributed by atoms with E-state index >= 15 is 0 Å². The Balaban J connectivity index is 2.57. The van der Waals surface area contributed by atoms with Crippen molar-refractivity contribution < 1.29 is 67.0 Å². The SMILES string of the molecule is C=CC(O[C@@H]1O[C@H](COC(C)=O)[C@@H](OC(C)=O)[C@H](OC(C)=O)[C@H]1NC(=O)C(Cl)(Cl)Cl)[C@H]1OC(=O)[C@@H](O)[C@@H]1OC(C)=O. The molecule has 0 spiro atoms. The van der Waals surface area contributed by atoms with Crippen molar-refractivity contribution in [2.45, 2.75) is 86.5 Å². The minimum absolute atomic E-state index is 0.554. The van der Waals surface area contributed by atoms with Gasteiger partial charge in [0, 0.05) is 27.7 Å². The maximum absolute atomic E-state index is 12.7. The van der Waals surface area contributed by atoms with Crippen molar-refractivity contribution in [1.82, 2.24) is 5.32 Å². The molecule has 0 aromatic heterocycles. The van der Waals surface area contributed by atoms with Gasteiger partial charge in [0.15, 0.2) is 36.8 Å². The van der Waals surface area contributed by atoms with Crippen LogP contribution in [0.3, 0.4) is 0 Å². The van der Waals surface area contributed by atoms with Crippen LogP contribution in [0.5, 0.6) is 0 Å². The Kier molecular flexibility index (Phi) is 12.2. The molecule has 2 fully saturated rings. The third-order valence-corrected chi connectivity index (χ3v) is 6.05. The smallest absolute Gasteiger partial charge is 0.339 e. The summed E-state index contributed by atoms with van der Waals surface area (Å²) in [6.07, 6.45) is -11.4. The molecule has 2 saturated heterocycles. The lowest BCUT2D eigenvalue weighted by atomic mass is 9.95. The van der Waals surface area contributed by atoms with E-state index in [1.54, 1.807) is 0 Å². The predicted octanol–water partition coefficient (Wildman–Crippen LogP) is -0.218. The number of amides is 1. The number of aliphatic hydroxyl groups is 1. The molecule has 230 valence electrons. The van der Waals surface area contributed by atoms with E-state index in [0.29, 0.717) is 0 Å². The van der Waals surface area contributed by atoms with Gasteiger partial charge in [-0.3, -0.25) is 24.0 Å². The summed E-state index contributed by atoms with van der Waals surface area (Å²) in [6.45, 7) is 7.21. The van der Waals surface area contributed by atoms with E-state index in [4.69, 9.17) is 68.0 Å². The molecule has 41 heavy (non-hydrogen) atoms. The fourth-order valence-corrected chi connectivity index (χ4v) is 4.15. The molecular weight excluding hydrogens is 621 g/mol. The van der Waals surface area contributed by atoms with Crippen LogP contribution in [0.1, 0.15) is 27.7 Å². The molecule has 9 atom stereocenters. The quantitative estimate of drug-likeness (QED) is 0.136. The lowest BCUT2D eigenvalue weighted by molar-refractivity contribution is -0.290. The molecule has 2 rings (SSSR count). The number of alkyl halides is 3. The van der Waals surface area contributed by atoms with Gasteiger partial charge in [0.25, 0.3) is 9.70 Å². The molecule has 1 unspecified atom stereocenters. The van der Waals surface area contributed by atoms with Crippen LogP contribution < -0.4 is 5.32 Å². The number of nitrogens with one attached hydrogen (secondary N) is 1. The van der Waals surface area contributed by atoms with Crippen LogP contribution in [0.15, 0.2) is 12.7 Å². The number of cyclic esters (lactones) is 1. The van der Waals surface area contributed by atoms with Crippen molar-refractivity contribution in [3.05, 3.63) is 12.7 Å². The third-order valence-electron chi connectivity index (χ3n) is 5.53. The number of hydrogen-bond donors (Lipinski definition) is 2. The average Bonchev–Trinajstić information content (AvgIpc) is 3.11. The summed E-state index contributed by atoms with van der Waals surface area (Å²) in [4.78, 5) is 71.9. The van der Waals surface area contributed by atoms with Crippen molar-refractivity contribution in [1.29, 1.82) is 0 Å². The van der Waals surface area contributed by atoms with E-state index in [1.165, 1.54) is 0 Å². The van der Waals surface area contributed by atoms with E-state index in [0.717, 1.165) is 33.8 Å². The van der Waals surface area contributed by atoms with Crippen molar-refractivity contribution in [2.24, 2.45) is 0 Å². The van der Waals surface area contributed by atoms with Gasteiger partial charge in [-0.25, -0.2) is 4.79 Å². The van der Waals surface area contributed by atoms with E-state index < -0.39 is 101 Å². The molecule has 1 amide bonds. The molecule has 18 heteroatoms. The van der Waals surface area contributed by atoms with Crippen LogP contribution in [0.2, 0.25) is 0 Å². The second-order valence-electron chi connectivity index (χ2n) is 8.75. The summed E-state index contributed by atoms with van der Waals surface area (Å²) in [5, 5.41) is 12.5. The number of aliphatic hydroxyl groups excluding tert-OH is 1. The monoisotopic (exact) mass is 647 g/mol. The van der Waals surface area contributed by atoms with Gasteiger partial charge in [-0.05, 0) is 0 Å². The highest BCUT2D eigenvalue weighted by molar-refractivity contribution is 6.76. The fraction of sp³-hybridized carbons (Fsp3) is 0.652. The van der Waals surface area contributed by atoms with Gasteiger partial charge in [0.05, 0.1) is 0 Å². The highest BCUT2D eigenvalue weighted by Crippen LogP contribution is 2.33. The number of esters is 5. The Morgan fingerprint density at radius 1 is 0.976 bits per heavy atom. The number of carbonyl (C=O) groups is 6.